The average Bonchev–Trinajstić information content (AvgIpc) is 2.54. The molecule has 0 unspecified atom stereocenters. The van der Waals surface area contributed by atoms with Gasteiger partial charge in [-0.15, -0.1) is 0 Å². The van der Waals surface area contributed by atoms with Crippen LogP contribution in [-0.4, -0.2) is 13.0 Å². The Morgan fingerprint density at radius 2 is 1.40 bits per heavy atom. The fourth-order valence-electron chi connectivity index (χ4n) is 2.83. The zero-order valence-corrected chi connectivity index (χ0v) is 19.5. The van der Waals surface area contributed by atoms with E-state index in [9.17, 15) is 13.0 Å². The van der Waals surface area contributed by atoms with Crippen LogP contribution in [0, 0.1) is 0 Å². The SMILES string of the molecule is CCCCCCCCCCCCc1cccc(CSS(=O)(=O)[O-])c1.[Na+]. The molecule has 25 heavy (non-hydrogen) atoms. The number of aryl methyl sites for hydroxylation is 1. The Morgan fingerprint density at radius 1 is 0.880 bits per heavy atom. The molecule has 0 aromatic heterocycles. The van der Waals surface area contributed by atoms with E-state index in [1.54, 1.807) is 0 Å². The molecular weight excluding hydrogens is 363 g/mol. The maximum absolute atomic E-state index is 10.7. The van der Waals surface area contributed by atoms with E-state index in [4.69, 9.17) is 0 Å². The van der Waals surface area contributed by atoms with Gasteiger partial charge in [-0.1, -0.05) is 89.0 Å². The average molecular weight is 395 g/mol. The summed E-state index contributed by atoms with van der Waals surface area (Å²) >= 11 is 0. The van der Waals surface area contributed by atoms with Crippen LogP contribution in [0.25, 0.3) is 0 Å². The normalized spacial score (nSPS) is 11.3. The van der Waals surface area contributed by atoms with Crippen molar-refractivity contribution in [2.45, 2.75) is 83.3 Å². The summed E-state index contributed by atoms with van der Waals surface area (Å²) in [4.78, 5) is 0. The summed E-state index contributed by atoms with van der Waals surface area (Å²) in [6, 6.07) is 7.92. The minimum absolute atomic E-state index is 0. The molecule has 0 fully saturated rings. The van der Waals surface area contributed by atoms with Gasteiger partial charge >= 0.3 is 29.6 Å². The van der Waals surface area contributed by atoms with Gasteiger partial charge in [0.05, 0.1) is 0 Å². The van der Waals surface area contributed by atoms with Gasteiger partial charge in [-0.2, -0.15) is 0 Å². The Labute approximate surface area is 180 Å². The molecule has 1 aromatic carbocycles. The third-order valence-electron chi connectivity index (χ3n) is 4.18. The minimum Gasteiger partial charge on any atom is -0.739 e. The summed E-state index contributed by atoms with van der Waals surface area (Å²) in [6.45, 7) is 2.25. The number of benzene rings is 1. The zero-order chi connectivity index (χ0) is 17.7. The molecule has 1 aromatic rings. The van der Waals surface area contributed by atoms with E-state index in [0.29, 0.717) is 10.8 Å². The number of unbranched alkanes of at least 4 members (excludes halogenated alkanes) is 9. The van der Waals surface area contributed by atoms with Gasteiger partial charge < -0.3 is 4.55 Å². The molecule has 0 amide bonds. The first-order chi connectivity index (χ1) is 11.5. The molecule has 0 bridgehead atoms. The predicted molar refractivity (Wildman–Crippen MR) is 103 cm³/mol. The van der Waals surface area contributed by atoms with Gasteiger partial charge in [-0.25, -0.2) is 8.42 Å². The second kappa shape index (κ2) is 15.5. The quantitative estimate of drug-likeness (QED) is 0.211. The fourth-order valence-corrected chi connectivity index (χ4v) is 4.13. The van der Waals surface area contributed by atoms with Crippen molar-refractivity contribution in [3.8, 4) is 0 Å². The second-order valence-electron chi connectivity index (χ2n) is 6.42. The molecule has 0 heterocycles. The van der Waals surface area contributed by atoms with E-state index in [1.165, 1.54) is 69.8 Å². The monoisotopic (exact) mass is 394 g/mol. The Kier molecular flexibility index (Phi) is 15.8. The van der Waals surface area contributed by atoms with Gasteiger partial charge in [0.2, 0.25) is 0 Å². The molecular formula is C19H31NaO3S2. The Balaban J connectivity index is 0.00000576. The first kappa shape index (κ1) is 25.5. The molecule has 0 aliphatic rings. The van der Waals surface area contributed by atoms with Gasteiger partial charge in [0.25, 0.3) is 0 Å². The van der Waals surface area contributed by atoms with Crippen LogP contribution in [0.3, 0.4) is 0 Å². The zero-order valence-electron chi connectivity index (χ0n) is 15.8. The third kappa shape index (κ3) is 15.3. The van der Waals surface area contributed by atoms with Crippen LogP contribution in [0.1, 0.15) is 82.3 Å². The van der Waals surface area contributed by atoms with Gasteiger partial charge in [-0.3, -0.25) is 0 Å². The van der Waals surface area contributed by atoms with Crippen LogP contribution in [0.15, 0.2) is 24.3 Å². The molecule has 1 rings (SSSR count). The summed E-state index contributed by atoms with van der Waals surface area (Å²) in [7, 11) is -3.75. The Hall–Kier alpha value is 0.480. The van der Waals surface area contributed by atoms with E-state index in [0.717, 1.165) is 12.0 Å². The molecule has 0 radical (unpaired) electrons. The molecule has 0 aliphatic carbocycles. The Morgan fingerprint density at radius 3 is 1.96 bits per heavy atom. The van der Waals surface area contributed by atoms with E-state index in [-0.39, 0.29) is 35.3 Å². The summed E-state index contributed by atoms with van der Waals surface area (Å²) in [5.74, 6) is 0.234. The van der Waals surface area contributed by atoms with Crippen LogP contribution in [0.4, 0.5) is 0 Å². The standard InChI is InChI=1S/C19H32O3S2.Na/c1-2-3-4-5-6-7-8-9-10-11-13-18-14-12-15-19(16-18)17-23-24(20,21)22;/h12,14-16H,2-11,13,17H2,1H3,(H,20,21,22);/q;+1/p-1. The van der Waals surface area contributed by atoms with Crippen LogP contribution >= 0.6 is 10.8 Å². The van der Waals surface area contributed by atoms with Gasteiger partial charge in [-0.05, 0) is 34.8 Å². The largest absolute Gasteiger partial charge is 1.00 e. The summed E-state index contributed by atoms with van der Waals surface area (Å²) in [5.41, 5.74) is 2.14. The van der Waals surface area contributed by atoms with Crippen molar-refractivity contribution in [3.05, 3.63) is 35.4 Å². The van der Waals surface area contributed by atoms with E-state index < -0.39 is 9.15 Å². The van der Waals surface area contributed by atoms with Crippen molar-refractivity contribution in [1.82, 2.24) is 0 Å². The molecule has 0 N–H and O–H groups in total. The molecule has 3 nitrogen and oxygen atoms in total. The first-order valence-corrected chi connectivity index (χ1v) is 12.1. The van der Waals surface area contributed by atoms with Crippen molar-refractivity contribution < 1.29 is 42.5 Å². The summed E-state index contributed by atoms with van der Waals surface area (Å²) < 4.78 is 32.0. The number of rotatable bonds is 14. The molecule has 0 aliphatic heterocycles. The van der Waals surface area contributed by atoms with Crippen molar-refractivity contribution in [2.75, 3.05) is 0 Å². The maximum Gasteiger partial charge on any atom is 1.00 e. The van der Waals surface area contributed by atoms with Crippen molar-refractivity contribution >= 4 is 19.9 Å². The second-order valence-corrected chi connectivity index (χ2v) is 9.70. The van der Waals surface area contributed by atoms with Crippen LogP contribution < -0.4 is 29.6 Å². The molecule has 6 heteroatoms. The van der Waals surface area contributed by atoms with E-state index in [2.05, 4.69) is 13.0 Å². The molecule has 0 saturated carbocycles. The van der Waals surface area contributed by atoms with Crippen molar-refractivity contribution in [2.24, 2.45) is 0 Å². The molecule has 0 atom stereocenters. The molecule has 0 spiro atoms. The predicted octanol–water partition coefficient (Wildman–Crippen LogP) is 2.85. The Bertz CT molecular complexity index is 547. The van der Waals surface area contributed by atoms with Gasteiger partial charge in [0, 0.05) is 5.75 Å². The minimum atomic E-state index is -4.21. The summed E-state index contributed by atoms with van der Waals surface area (Å²) in [5, 5.41) is 0. The smallest absolute Gasteiger partial charge is 0.739 e. The summed E-state index contributed by atoms with van der Waals surface area (Å²) in [6.07, 6.45) is 14.3. The maximum atomic E-state index is 10.7. The fraction of sp³-hybridized carbons (Fsp3) is 0.684. The molecule has 138 valence electrons. The number of hydrogen-bond acceptors (Lipinski definition) is 4. The first-order valence-electron chi connectivity index (χ1n) is 9.19. The third-order valence-corrected chi connectivity index (χ3v) is 6.14. The van der Waals surface area contributed by atoms with E-state index in [1.807, 2.05) is 18.2 Å². The van der Waals surface area contributed by atoms with Crippen molar-refractivity contribution in [1.29, 1.82) is 0 Å². The van der Waals surface area contributed by atoms with Gasteiger partial charge in [0.15, 0.2) is 0 Å². The molecule has 0 saturated heterocycles. The number of hydrogen-bond donors (Lipinski definition) is 0. The van der Waals surface area contributed by atoms with Gasteiger partial charge in [0.1, 0.15) is 9.15 Å². The van der Waals surface area contributed by atoms with Crippen LogP contribution in [-0.2, 0) is 21.3 Å². The topological polar surface area (TPSA) is 57.2 Å². The van der Waals surface area contributed by atoms with Crippen LogP contribution in [0.5, 0.6) is 0 Å². The van der Waals surface area contributed by atoms with Crippen molar-refractivity contribution in [3.63, 3.8) is 0 Å². The van der Waals surface area contributed by atoms with E-state index >= 15 is 0 Å². The van der Waals surface area contributed by atoms with Crippen LogP contribution in [0.2, 0.25) is 0 Å².